The van der Waals surface area contributed by atoms with Crippen molar-refractivity contribution in [3.8, 4) is 17.0 Å². The van der Waals surface area contributed by atoms with Gasteiger partial charge >= 0.3 is 0 Å². The number of hydrogen-bond acceptors (Lipinski definition) is 3. The molecular weight excluding hydrogens is 380 g/mol. The van der Waals surface area contributed by atoms with Crippen LogP contribution in [0, 0.1) is 6.92 Å². The highest BCUT2D eigenvalue weighted by Gasteiger charge is 2.23. The van der Waals surface area contributed by atoms with Crippen molar-refractivity contribution >= 4 is 0 Å². The maximum absolute atomic E-state index is 6.40. The Morgan fingerprint density at radius 3 is 2.23 bits per heavy atom. The smallest absolute Gasteiger partial charge is 0.128 e. The first kappa shape index (κ1) is 23.8. The van der Waals surface area contributed by atoms with Gasteiger partial charge in [0, 0.05) is 35.5 Å². The van der Waals surface area contributed by atoms with Gasteiger partial charge in [-0.15, -0.1) is 0 Å². The number of aromatic nitrogens is 1. The molecule has 1 aliphatic rings. The summed E-state index contributed by atoms with van der Waals surface area (Å²) in [6.07, 6.45) is 8.92. The molecule has 1 aliphatic carbocycles. The number of rotatable bonds is 9. The number of hydrogen-bond donors (Lipinski definition) is 0. The van der Waals surface area contributed by atoms with Crippen molar-refractivity contribution in [2.75, 3.05) is 6.54 Å². The Morgan fingerprint density at radius 2 is 1.68 bits per heavy atom. The van der Waals surface area contributed by atoms with Crippen LogP contribution in [0.15, 0.2) is 24.3 Å². The number of ether oxygens (including phenoxy) is 1. The lowest BCUT2D eigenvalue weighted by Gasteiger charge is -2.34. The van der Waals surface area contributed by atoms with E-state index in [9.17, 15) is 0 Å². The zero-order valence-corrected chi connectivity index (χ0v) is 20.6. The lowest BCUT2D eigenvalue weighted by molar-refractivity contribution is 0.151. The second-order valence-electron chi connectivity index (χ2n) is 9.25. The van der Waals surface area contributed by atoms with Crippen LogP contribution in [0.2, 0.25) is 0 Å². The van der Waals surface area contributed by atoms with E-state index in [1.54, 1.807) is 0 Å². The van der Waals surface area contributed by atoms with E-state index in [2.05, 4.69) is 70.7 Å². The largest absolute Gasteiger partial charge is 0.491 e. The topological polar surface area (TPSA) is 25.4 Å². The van der Waals surface area contributed by atoms with E-state index in [0.29, 0.717) is 6.04 Å². The molecule has 170 valence electrons. The Hall–Kier alpha value is -1.87. The molecule has 3 nitrogen and oxygen atoms in total. The van der Waals surface area contributed by atoms with Gasteiger partial charge in [-0.05, 0) is 64.1 Å². The number of nitrogens with zero attached hydrogens (tertiary/aromatic N) is 2. The summed E-state index contributed by atoms with van der Waals surface area (Å²) in [5, 5.41) is 0. The molecule has 0 amide bonds. The minimum Gasteiger partial charge on any atom is -0.491 e. The molecule has 31 heavy (non-hydrogen) atoms. The van der Waals surface area contributed by atoms with E-state index in [0.717, 1.165) is 43.1 Å². The molecule has 0 bridgehead atoms. The van der Waals surface area contributed by atoms with E-state index in [1.165, 1.54) is 54.4 Å². The molecule has 3 rings (SSSR count). The molecule has 1 aromatic carbocycles. The number of aryl methyl sites for hydroxylation is 3. The maximum Gasteiger partial charge on any atom is 0.128 e. The normalized spacial score (nSPS) is 15.1. The van der Waals surface area contributed by atoms with E-state index in [1.807, 2.05) is 0 Å². The molecule has 0 atom stereocenters. The summed E-state index contributed by atoms with van der Waals surface area (Å²) in [6, 6.07) is 9.56. The second-order valence-corrected chi connectivity index (χ2v) is 9.25. The fourth-order valence-electron chi connectivity index (χ4n) is 5.07. The van der Waals surface area contributed by atoms with Crippen molar-refractivity contribution in [2.24, 2.45) is 0 Å². The maximum atomic E-state index is 6.40. The molecule has 0 spiro atoms. The summed E-state index contributed by atoms with van der Waals surface area (Å²) >= 11 is 0. The Morgan fingerprint density at radius 1 is 1.03 bits per heavy atom. The second kappa shape index (κ2) is 11.1. The summed E-state index contributed by atoms with van der Waals surface area (Å²) in [4.78, 5) is 7.80. The van der Waals surface area contributed by atoms with Gasteiger partial charge in [0.05, 0.1) is 11.8 Å². The molecule has 0 saturated heterocycles. The van der Waals surface area contributed by atoms with Gasteiger partial charge in [-0.1, -0.05) is 58.2 Å². The Bertz CT molecular complexity index is 830. The minimum absolute atomic E-state index is 0.144. The Kier molecular flexibility index (Phi) is 8.54. The van der Waals surface area contributed by atoms with Gasteiger partial charge in [0.1, 0.15) is 5.75 Å². The van der Waals surface area contributed by atoms with Gasteiger partial charge in [0.25, 0.3) is 0 Å². The van der Waals surface area contributed by atoms with Gasteiger partial charge in [-0.2, -0.15) is 0 Å². The van der Waals surface area contributed by atoms with Crippen LogP contribution in [-0.4, -0.2) is 28.6 Å². The van der Waals surface area contributed by atoms with Crippen molar-refractivity contribution in [3.63, 3.8) is 0 Å². The first-order valence-electron chi connectivity index (χ1n) is 12.5. The Balaban J connectivity index is 2.04. The zero-order chi connectivity index (χ0) is 22.4. The van der Waals surface area contributed by atoms with Crippen LogP contribution in [0.25, 0.3) is 11.3 Å². The molecule has 1 fully saturated rings. The fourth-order valence-corrected chi connectivity index (χ4v) is 5.07. The summed E-state index contributed by atoms with van der Waals surface area (Å²) < 4.78 is 6.40. The lowest BCUT2D eigenvalue weighted by atomic mass is 9.93. The summed E-state index contributed by atoms with van der Waals surface area (Å²) in [6.45, 7) is 15.2. The molecule has 1 heterocycles. The molecule has 1 aromatic heterocycles. The van der Waals surface area contributed by atoms with Gasteiger partial charge in [-0.25, -0.2) is 0 Å². The van der Waals surface area contributed by atoms with E-state index < -0.39 is 0 Å². The van der Waals surface area contributed by atoms with Crippen molar-refractivity contribution in [1.29, 1.82) is 0 Å². The van der Waals surface area contributed by atoms with Gasteiger partial charge in [0.2, 0.25) is 0 Å². The van der Waals surface area contributed by atoms with Crippen LogP contribution in [0.4, 0.5) is 0 Å². The first-order valence-corrected chi connectivity index (χ1v) is 12.5. The Labute approximate surface area is 190 Å². The van der Waals surface area contributed by atoms with Crippen LogP contribution in [0.3, 0.4) is 0 Å². The molecule has 2 aromatic rings. The molecule has 0 aliphatic heterocycles. The highest BCUT2D eigenvalue weighted by molar-refractivity contribution is 5.70. The fraction of sp³-hybridized carbons (Fsp3) is 0.607. The zero-order valence-electron chi connectivity index (χ0n) is 20.6. The summed E-state index contributed by atoms with van der Waals surface area (Å²) in [7, 11) is 0. The molecular formula is C28H42N2O. The number of benzene rings is 1. The predicted octanol–water partition coefficient (Wildman–Crippen LogP) is 7.12. The van der Waals surface area contributed by atoms with Crippen molar-refractivity contribution in [2.45, 2.75) is 105 Å². The third-order valence-corrected chi connectivity index (χ3v) is 6.77. The molecule has 1 saturated carbocycles. The average Bonchev–Trinajstić information content (AvgIpc) is 2.78. The quantitative estimate of drug-likeness (QED) is 0.430. The highest BCUT2D eigenvalue weighted by atomic mass is 16.5. The van der Waals surface area contributed by atoms with Crippen LogP contribution < -0.4 is 4.74 Å². The van der Waals surface area contributed by atoms with Crippen LogP contribution >= 0.6 is 0 Å². The molecule has 3 heteroatoms. The average molecular weight is 423 g/mol. The number of pyridine rings is 1. The first-order chi connectivity index (χ1) is 15.0. The minimum atomic E-state index is 0.144. The van der Waals surface area contributed by atoms with Crippen molar-refractivity contribution in [1.82, 2.24) is 9.88 Å². The van der Waals surface area contributed by atoms with Gasteiger partial charge in [0.15, 0.2) is 0 Å². The summed E-state index contributed by atoms with van der Waals surface area (Å²) in [5.41, 5.74) is 7.47. The van der Waals surface area contributed by atoms with E-state index in [-0.39, 0.29) is 6.10 Å². The molecule has 0 unspecified atom stereocenters. The highest BCUT2D eigenvalue weighted by Crippen LogP contribution is 2.35. The van der Waals surface area contributed by atoms with E-state index >= 15 is 0 Å². The van der Waals surface area contributed by atoms with Crippen LogP contribution in [-0.2, 0) is 19.4 Å². The van der Waals surface area contributed by atoms with Gasteiger partial charge < -0.3 is 4.74 Å². The van der Waals surface area contributed by atoms with Crippen molar-refractivity contribution in [3.05, 3.63) is 46.6 Å². The van der Waals surface area contributed by atoms with Crippen LogP contribution in [0.1, 0.15) is 89.1 Å². The van der Waals surface area contributed by atoms with Gasteiger partial charge in [-0.3, -0.25) is 9.88 Å². The predicted molar refractivity (Wildman–Crippen MR) is 132 cm³/mol. The van der Waals surface area contributed by atoms with Crippen LogP contribution in [0.5, 0.6) is 5.75 Å². The van der Waals surface area contributed by atoms with E-state index in [4.69, 9.17) is 9.72 Å². The third kappa shape index (κ3) is 5.68. The van der Waals surface area contributed by atoms with Crippen molar-refractivity contribution < 1.29 is 4.74 Å². The monoisotopic (exact) mass is 422 g/mol. The lowest BCUT2D eigenvalue weighted by Crippen LogP contribution is -2.36. The third-order valence-electron chi connectivity index (χ3n) is 6.77. The standard InChI is InChI=1S/C28H42N2O/c1-7-22-14-13-15-23(8-2)28(22)26-18-27(31-20(4)5)25(21(6)29-26)19-30(9-3)24-16-11-10-12-17-24/h13-15,18,20,24H,7-12,16-17,19H2,1-6H3. The summed E-state index contributed by atoms with van der Waals surface area (Å²) in [5.74, 6) is 1.01. The molecule has 0 N–H and O–H groups in total. The SMILES string of the molecule is CCc1cccc(CC)c1-c1cc(OC(C)C)c(CN(CC)C2CCCCC2)c(C)n1. The molecule has 0 radical (unpaired) electrons.